The van der Waals surface area contributed by atoms with Crippen molar-refractivity contribution in [3.05, 3.63) is 30.3 Å². The average molecular weight is 312 g/mol. The molecule has 0 bridgehead atoms. The molecule has 3 N–H and O–H groups in total. The highest BCUT2D eigenvalue weighted by molar-refractivity contribution is 7.91. The molecule has 1 saturated carbocycles. The zero-order valence-electron chi connectivity index (χ0n) is 12.4. The van der Waals surface area contributed by atoms with Crippen LogP contribution in [0.5, 0.6) is 5.75 Å². The van der Waals surface area contributed by atoms with Crippen LogP contribution in [0.4, 0.5) is 0 Å². The van der Waals surface area contributed by atoms with Crippen molar-refractivity contribution in [2.75, 3.05) is 12.9 Å². The summed E-state index contributed by atoms with van der Waals surface area (Å²) in [6.07, 6.45) is 4.65. The molecule has 0 heterocycles. The SMILES string of the molecule is CS(=O)(=O)C1CCCC(C(COc2ccccc2)NN)C1. The van der Waals surface area contributed by atoms with E-state index in [0.29, 0.717) is 13.0 Å². The van der Waals surface area contributed by atoms with E-state index >= 15 is 0 Å². The van der Waals surface area contributed by atoms with Gasteiger partial charge in [0.15, 0.2) is 0 Å². The molecule has 1 fully saturated rings. The van der Waals surface area contributed by atoms with Gasteiger partial charge in [-0.3, -0.25) is 11.3 Å². The molecule has 118 valence electrons. The van der Waals surface area contributed by atoms with E-state index in [1.807, 2.05) is 30.3 Å². The van der Waals surface area contributed by atoms with E-state index in [9.17, 15) is 8.42 Å². The molecule has 0 amide bonds. The van der Waals surface area contributed by atoms with Crippen LogP contribution in [0.2, 0.25) is 0 Å². The number of nitrogens with two attached hydrogens (primary N) is 1. The summed E-state index contributed by atoms with van der Waals surface area (Å²) in [4.78, 5) is 0. The lowest BCUT2D eigenvalue weighted by Gasteiger charge is -2.33. The maximum Gasteiger partial charge on any atom is 0.150 e. The Morgan fingerprint density at radius 3 is 2.67 bits per heavy atom. The van der Waals surface area contributed by atoms with Gasteiger partial charge in [0, 0.05) is 6.26 Å². The van der Waals surface area contributed by atoms with E-state index in [1.165, 1.54) is 6.26 Å². The number of benzene rings is 1. The summed E-state index contributed by atoms with van der Waals surface area (Å²) < 4.78 is 29.2. The first kappa shape index (κ1) is 16.3. The molecule has 5 nitrogen and oxygen atoms in total. The first-order valence-electron chi connectivity index (χ1n) is 7.33. The number of sulfone groups is 1. The van der Waals surface area contributed by atoms with Crippen LogP contribution < -0.4 is 16.0 Å². The van der Waals surface area contributed by atoms with Gasteiger partial charge in [0.25, 0.3) is 0 Å². The average Bonchev–Trinajstić information content (AvgIpc) is 2.48. The van der Waals surface area contributed by atoms with Gasteiger partial charge in [-0.1, -0.05) is 24.6 Å². The van der Waals surface area contributed by atoms with Crippen molar-refractivity contribution in [2.45, 2.75) is 37.0 Å². The zero-order valence-corrected chi connectivity index (χ0v) is 13.2. The lowest BCUT2D eigenvalue weighted by molar-refractivity contribution is 0.187. The number of para-hydroxylation sites is 1. The van der Waals surface area contributed by atoms with Gasteiger partial charge in [-0.05, 0) is 37.3 Å². The van der Waals surface area contributed by atoms with Crippen LogP contribution in [0.1, 0.15) is 25.7 Å². The number of hydrogen-bond acceptors (Lipinski definition) is 5. The number of ether oxygens (including phenoxy) is 1. The first-order valence-corrected chi connectivity index (χ1v) is 9.29. The van der Waals surface area contributed by atoms with Crippen molar-refractivity contribution >= 4 is 9.84 Å². The molecule has 0 aromatic heterocycles. The number of hydrazine groups is 1. The Labute approximate surface area is 126 Å². The fraction of sp³-hybridized carbons (Fsp3) is 0.600. The zero-order chi connectivity index (χ0) is 15.3. The fourth-order valence-corrected chi connectivity index (χ4v) is 4.15. The normalized spacial score (nSPS) is 24.5. The molecule has 0 saturated heterocycles. The summed E-state index contributed by atoms with van der Waals surface area (Å²) in [5.74, 6) is 6.67. The summed E-state index contributed by atoms with van der Waals surface area (Å²) in [7, 11) is -2.98. The molecule has 21 heavy (non-hydrogen) atoms. The summed E-state index contributed by atoms with van der Waals surface area (Å²) in [6.45, 7) is 0.446. The Balaban J connectivity index is 1.94. The van der Waals surface area contributed by atoms with Crippen LogP contribution in [0, 0.1) is 5.92 Å². The highest BCUT2D eigenvalue weighted by Crippen LogP contribution is 2.30. The molecule has 0 spiro atoms. The van der Waals surface area contributed by atoms with E-state index in [1.54, 1.807) is 0 Å². The topological polar surface area (TPSA) is 81.4 Å². The molecular weight excluding hydrogens is 288 g/mol. The van der Waals surface area contributed by atoms with Gasteiger partial charge < -0.3 is 4.74 Å². The van der Waals surface area contributed by atoms with Gasteiger partial charge in [-0.2, -0.15) is 0 Å². The van der Waals surface area contributed by atoms with Crippen molar-refractivity contribution in [1.82, 2.24) is 5.43 Å². The van der Waals surface area contributed by atoms with Gasteiger partial charge in [0.1, 0.15) is 22.2 Å². The van der Waals surface area contributed by atoms with Crippen LogP contribution in [0.25, 0.3) is 0 Å². The van der Waals surface area contributed by atoms with E-state index < -0.39 is 9.84 Å². The van der Waals surface area contributed by atoms with Crippen LogP contribution in [-0.4, -0.2) is 32.6 Å². The predicted molar refractivity (Wildman–Crippen MR) is 83.6 cm³/mol. The molecule has 0 aliphatic heterocycles. The van der Waals surface area contributed by atoms with Gasteiger partial charge in [0.2, 0.25) is 0 Å². The Morgan fingerprint density at radius 1 is 1.33 bits per heavy atom. The number of hydrogen-bond donors (Lipinski definition) is 2. The fourth-order valence-electron chi connectivity index (χ4n) is 2.96. The lowest BCUT2D eigenvalue weighted by atomic mass is 9.84. The minimum Gasteiger partial charge on any atom is -0.492 e. The largest absolute Gasteiger partial charge is 0.492 e. The monoisotopic (exact) mass is 312 g/mol. The minimum absolute atomic E-state index is 0.0326. The standard InChI is InChI=1S/C15H24N2O3S/c1-21(18,19)14-9-5-6-12(10-14)15(17-16)11-20-13-7-3-2-4-8-13/h2-4,7-8,12,14-15,17H,5-6,9-11,16H2,1H3. The summed E-state index contributed by atoms with van der Waals surface area (Å²) in [6, 6.07) is 9.53. The highest BCUT2D eigenvalue weighted by atomic mass is 32.2. The molecular formula is C15H24N2O3S. The second-order valence-corrected chi connectivity index (χ2v) is 8.10. The van der Waals surface area contributed by atoms with Crippen molar-refractivity contribution in [3.8, 4) is 5.75 Å². The Kier molecular flexibility index (Phi) is 5.61. The third-order valence-corrected chi connectivity index (χ3v) is 5.87. The number of nitrogens with one attached hydrogen (secondary N) is 1. The molecule has 1 aromatic rings. The third-order valence-electron chi connectivity index (χ3n) is 4.23. The molecule has 0 radical (unpaired) electrons. The molecule has 3 atom stereocenters. The first-order chi connectivity index (χ1) is 10.0. The Hall–Kier alpha value is -1.11. The number of rotatable bonds is 6. The van der Waals surface area contributed by atoms with E-state index in [0.717, 1.165) is 25.0 Å². The smallest absolute Gasteiger partial charge is 0.150 e. The quantitative estimate of drug-likeness (QED) is 0.614. The summed E-state index contributed by atoms with van der Waals surface area (Å²) in [5, 5.41) is -0.246. The van der Waals surface area contributed by atoms with Gasteiger partial charge in [0.05, 0.1) is 11.3 Å². The van der Waals surface area contributed by atoms with Crippen molar-refractivity contribution in [1.29, 1.82) is 0 Å². The van der Waals surface area contributed by atoms with E-state index in [2.05, 4.69) is 5.43 Å². The summed E-state index contributed by atoms with van der Waals surface area (Å²) in [5.41, 5.74) is 2.79. The molecule has 1 aromatic carbocycles. The Bertz CT molecular complexity index is 533. The van der Waals surface area contributed by atoms with Crippen LogP contribution in [0.15, 0.2) is 30.3 Å². The summed E-state index contributed by atoms with van der Waals surface area (Å²) >= 11 is 0. The second-order valence-electron chi connectivity index (χ2n) is 5.78. The van der Waals surface area contributed by atoms with Crippen molar-refractivity contribution < 1.29 is 13.2 Å². The molecule has 2 rings (SSSR count). The van der Waals surface area contributed by atoms with Crippen LogP contribution in [-0.2, 0) is 9.84 Å². The predicted octanol–water partition coefficient (Wildman–Crippen LogP) is 1.50. The third kappa shape index (κ3) is 4.69. The van der Waals surface area contributed by atoms with Gasteiger partial charge in [-0.25, -0.2) is 8.42 Å². The molecule has 1 aliphatic rings. The second kappa shape index (κ2) is 7.24. The minimum atomic E-state index is -2.98. The molecule has 6 heteroatoms. The van der Waals surface area contributed by atoms with Crippen LogP contribution in [0.3, 0.4) is 0 Å². The molecule has 1 aliphatic carbocycles. The van der Waals surface area contributed by atoms with Crippen LogP contribution >= 0.6 is 0 Å². The van der Waals surface area contributed by atoms with Crippen molar-refractivity contribution in [3.63, 3.8) is 0 Å². The highest BCUT2D eigenvalue weighted by Gasteiger charge is 2.33. The Morgan fingerprint density at radius 2 is 2.05 bits per heavy atom. The van der Waals surface area contributed by atoms with Gasteiger partial charge >= 0.3 is 0 Å². The van der Waals surface area contributed by atoms with E-state index in [4.69, 9.17) is 10.6 Å². The maximum atomic E-state index is 11.7. The lowest BCUT2D eigenvalue weighted by Crippen LogP contribution is -2.47. The van der Waals surface area contributed by atoms with Gasteiger partial charge in [-0.15, -0.1) is 0 Å². The molecule has 3 unspecified atom stereocenters. The maximum absolute atomic E-state index is 11.7. The van der Waals surface area contributed by atoms with E-state index in [-0.39, 0.29) is 17.2 Å². The van der Waals surface area contributed by atoms with Crippen molar-refractivity contribution in [2.24, 2.45) is 11.8 Å².